The van der Waals surface area contributed by atoms with E-state index < -0.39 is 0 Å². The van der Waals surface area contributed by atoms with Crippen LogP contribution in [-0.2, 0) is 9.53 Å². The van der Waals surface area contributed by atoms with E-state index >= 15 is 0 Å². The molecule has 0 atom stereocenters. The summed E-state index contributed by atoms with van der Waals surface area (Å²) in [5.41, 5.74) is 0.753. The standard InChI is InChI=1S/C15H22N4O2/c20-15(5-6-16-12-1-2-12)18-13-3-4-14(17-11-13)19-7-9-21-10-8-19/h3-4,11-12,16H,1-2,5-10H2,(H,18,20). The average Bonchev–Trinajstić information content (AvgIpc) is 3.33. The van der Waals surface area contributed by atoms with Crippen LogP contribution in [0.3, 0.4) is 0 Å². The summed E-state index contributed by atoms with van der Waals surface area (Å²) in [5.74, 6) is 0.968. The minimum absolute atomic E-state index is 0.0315. The van der Waals surface area contributed by atoms with E-state index in [4.69, 9.17) is 4.74 Å². The number of rotatable bonds is 6. The largest absolute Gasteiger partial charge is 0.378 e. The molecule has 2 heterocycles. The van der Waals surface area contributed by atoms with Gasteiger partial charge in [0.05, 0.1) is 25.1 Å². The Bertz CT molecular complexity index is 467. The minimum atomic E-state index is 0.0315. The summed E-state index contributed by atoms with van der Waals surface area (Å²) in [4.78, 5) is 18.4. The zero-order valence-corrected chi connectivity index (χ0v) is 12.2. The molecule has 1 aliphatic carbocycles. The molecule has 1 saturated carbocycles. The molecule has 1 saturated heterocycles. The van der Waals surface area contributed by atoms with Crippen LogP contribution < -0.4 is 15.5 Å². The van der Waals surface area contributed by atoms with E-state index in [1.807, 2.05) is 12.1 Å². The van der Waals surface area contributed by atoms with Crippen LogP contribution in [0.4, 0.5) is 11.5 Å². The zero-order valence-electron chi connectivity index (χ0n) is 12.2. The third-order valence-electron chi connectivity index (χ3n) is 3.73. The van der Waals surface area contributed by atoms with E-state index in [1.54, 1.807) is 6.20 Å². The van der Waals surface area contributed by atoms with Crippen molar-refractivity contribution in [3.63, 3.8) is 0 Å². The van der Waals surface area contributed by atoms with E-state index in [0.29, 0.717) is 12.5 Å². The van der Waals surface area contributed by atoms with Gasteiger partial charge >= 0.3 is 0 Å². The van der Waals surface area contributed by atoms with E-state index in [1.165, 1.54) is 12.8 Å². The SMILES string of the molecule is O=C(CCNC1CC1)Nc1ccc(N2CCOCC2)nc1. The van der Waals surface area contributed by atoms with E-state index in [-0.39, 0.29) is 5.91 Å². The summed E-state index contributed by atoms with van der Waals surface area (Å²) < 4.78 is 5.32. The molecular weight excluding hydrogens is 268 g/mol. The highest BCUT2D eigenvalue weighted by Crippen LogP contribution is 2.18. The lowest BCUT2D eigenvalue weighted by molar-refractivity contribution is -0.116. The molecule has 3 rings (SSSR count). The Morgan fingerprint density at radius 1 is 1.33 bits per heavy atom. The number of pyridine rings is 1. The predicted octanol–water partition coefficient (Wildman–Crippen LogP) is 0.999. The topological polar surface area (TPSA) is 66.5 Å². The van der Waals surface area contributed by atoms with Gasteiger partial charge in [0, 0.05) is 32.1 Å². The average molecular weight is 290 g/mol. The van der Waals surface area contributed by atoms with Gasteiger partial charge in [-0.2, -0.15) is 0 Å². The molecule has 2 N–H and O–H groups in total. The summed E-state index contributed by atoms with van der Waals surface area (Å²) in [6.07, 6.45) is 4.71. The molecule has 0 radical (unpaired) electrons. The van der Waals surface area contributed by atoms with E-state index in [2.05, 4.69) is 20.5 Å². The van der Waals surface area contributed by atoms with Gasteiger partial charge < -0.3 is 20.3 Å². The monoisotopic (exact) mass is 290 g/mol. The van der Waals surface area contributed by atoms with Crippen molar-refractivity contribution in [1.82, 2.24) is 10.3 Å². The van der Waals surface area contributed by atoms with Gasteiger partial charge in [-0.1, -0.05) is 0 Å². The maximum absolute atomic E-state index is 11.8. The lowest BCUT2D eigenvalue weighted by Crippen LogP contribution is -2.36. The number of hydrogen-bond donors (Lipinski definition) is 2. The predicted molar refractivity (Wildman–Crippen MR) is 81.5 cm³/mol. The van der Waals surface area contributed by atoms with Crippen LogP contribution in [0.5, 0.6) is 0 Å². The van der Waals surface area contributed by atoms with Crippen LogP contribution in [0.15, 0.2) is 18.3 Å². The first kappa shape index (κ1) is 14.3. The number of carbonyl (C=O) groups excluding carboxylic acids is 1. The summed E-state index contributed by atoms with van der Waals surface area (Å²) in [6, 6.07) is 4.50. The Kier molecular flexibility index (Phi) is 4.67. The first-order valence-corrected chi connectivity index (χ1v) is 7.63. The number of nitrogens with zero attached hydrogens (tertiary/aromatic N) is 2. The second-order valence-corrected chi connectivity index (χ2v) is 5.53. The quantitative estimate of drug-likeness (QED) is 0.818. The smallest absolute Gasteiger partial charge is 0.225 e. The molecule has 6 nitrogen and oxygen atoms in total. The Balaban J connectivity index is 1.45. The third kappa shape index (κ3) is 4.41. The molecule has 0 bridgehead atoms. The maximum atomic E-state index is 11.8. The third-order valence-corrected chi connectivity index (χ3v) is 3.73. The minimum Gasteiger partial charge on any atom is -0.378 e. The zero-order chi connectivity index (χ0) is 14.5. The van der Waals surface area contributed by atoms with Crippen molar-refractivity contribution < 1.29 is 9.53 Å². The van der Waals surface area contributed by atoms with Crippen molar-refractivity contribution in [3.8, 4) is 0 Å². The molecular formula is C15H22N4O2. The van der Waals surface area contributed by atoms with Gasteiger partial charge in [0.1, 0.15) is 5.82 Å². The molecule has 114 valence electrons. The van der Waals surface area contributed by atoms with Crippen molar-refractivity contribution in [2.45, 2.75) is 25.3 Å². The molecule has 0 spiro atoms. The number of carbonyl (C=O) groups is 1. The van der Waals surface area contributed by atoms with Gasteiger partial charge in [-0.15, -0.1) is 0 Å². The van der Waals surface area contributed by atoms with E-state index in [0.717, 1.165) is 44.4 Å². The highest BCUT2D eigenvalue weighted by molar-refractivity contribution is 5.90. The van der Waals surface area contributed by atoms with Gasteiger partial charge in [-0.3, -0.25) is 4.79 Å². The number of nitrogens with one attached hydrogen (secondary N) is 2. The molecule has 1 aromatic heterocycles. The Morgan fingerprint density at radius 2 is 2.14 bits per heavy atom. The Hall–Kier alpha value is -1.66. The van der Waals surface area contributed by atoms with Crippen LogP contribution in [0.25, 0.3) is 0 Å². The molecule has 2 fully saturated rings. The Morgan fingerprint density at radius 3 is 2.81 bits per heavy atom. The highest BCUT2D eigenvalue weighted by Gasteiger charge is 2.20. The summed E-state index contributed by atoms with van der Waals surface area (Å²) >= 11 is 0. The van der Waals surface area contributed by atoms with Gasteiger partial charge in [0.2, 0.25) is 5.91 Å². The van der Waals surface area contributed by atoms with Crippen LogP contribution in [0.1, 0.15) is 19.3 Å². The summed E-state index contributed by atoms with van der Waals surface area (Å²) in [5, 5.41) is 6.21. The lowest BCUT2D eigenvalue weighted by Gasteiger charge is -2.27. The fraction of sp³-hybridized carbons (Fsp3) is 0.600. The fourth-order valence-electron chi connectivity index (χ4n) is 2.34. The first-order valence-electron chi connectivity index (χ1n) is 7.63. The second-order valence-electron chi connectivity index (χ2n) is 5.53. The molecule has 0 aromatic carbocycles. The molecule has 1 aliphatic heterocycles. The second kappa shape index (κ2) is 6.87. The summed E-state index contributed by atoms with van der Waals surface area (Å²) in [7, 11) is 0. The molecule has 6 heteroatoms. The van der Waals surface area contributed by atoms with Gasteiger partial charge in [-0.25, -0.2) is 4.98 Å². The van der Waals surface area contributed by atoms with Crippen LogP contribution in [-0.4, -0.2) is 49.8 Å². The van der Waals surface area contributed by atoms with Crippen LogP contribution >= 0.6 is 0 Å². The van der Waals surface area contributed by atoms with Crippen LogP contribution in [0, 0.1) is 0 Å². The number of hydrogen-bond acceptors (Lipinski definition) is 5. The van der Waals surface area contributed by atoms with Crippen molar-refractivity contribution in [3.05, 3.63) is 18.3 Å². The highest BCUT2D eigenvalue weighted by atomic mass is 16.5. The molecule has 21 heavy (non-hydrogen) atoms. The van der Waals surface area contributed by atoms with Crippen LogP contribution in [0.2, 0.25) is 0 Å². The number of ether oxygens (including phenoxy) is 1. The number of morpholine rings is 1. The molecule has 1 aromatic rings. The fourth-order valence-corrected chi connectivity index (χ4v) is 2.34. The maximum Gasteiger partial charge on any atom is 0.225 e. The first-order chi connectivity index (χ1) is 10.3. The van der Waals surface area contributed by atoms with Gasteiger partial charge in [0.25, 0.3) is 0 Å². The number of anilines is 2. The van der Waals surface area contributed by atoms with Crippen molar-refractivity contribution >= 4 is 17.4 Å². The molecule has 1 amide bonds. The normalized spacial score (nSPS) is 18.6. The van der Waals surface area contributed by atoms with Gasteiger partial charge in [-0.05, 0) is 25.0 Å². The van der Waals surface area contributed by atoms with Crippen molar-refractivity contribution in [2.75, 3.05) is 43.1 Å². The van der Waals surface area contributed by atoms with Crippen molar-refractivity contribution in [1.29, 1.82) is 0 Å². The molecule has 2 aliphatic rings. The number of amides is 1. The van der Waals surface area contributed by atoms with Gasteiger partial charge in [0.15, 0.2) is 0 Å². The Labute approximate surface area is 124 Å². The molecule has 0 unspecified atom stereocenters. The lowest BCUT2D eigenvalue weighted by atomic mass is 10.3. The van der Waals surface area contributed by atoms with E-state index in [9.17, 15) is 4.79 Å². The van der Waals surface area contributed by atoms with Crippen molar-refractivity contribution in [2.24, 2.45) is 0 Å². The number of aromatic nitrogens is 1. The summed E-state index contributed by atoms with van der Waals surface area (Å²) in [6.45, 7) is 3.97.